The van der Waals surface area contributed by atoms with Crippen LogP contribution in [0.4, 0.5) is 0 Å². The minimum Gasteiger partial charge on any atom is -0.486 e. The van der Waals surface area contributed by atoms with Crippen molar-refractivity contribution in [2.75, 3.05) is 0 Å². The first kappa shape index (κ1) is 9.53. The van der Waals surface area contributed by atoms with Crippen LogP contribution in [0.1, 0.15) is 6.92 Å². The van der Waals surface area contributed by atoms with E-state index in [1.165, 1.54) is 5.39 Å². The number of halogens is 1. The Hall–Kier alpha value is -1.02. The molecule has 2 rings (SSSR count). The Kier molecular flexibility index (Phi) is 2.73. The molecule has 0 aliphatic carbocycles. The molecule has 0 saturated carbocycles. The summed E-state index contributed by atoms with van der Waals surface area (Å²) >= 11 is 3.52. The lowest BCUT2D eigenvalue weighted by atomic mass is 10.1. The standard InChI is InChI=1S/C12H10BrO/c1-2-14-12-8-7-11(13)9-5-3-4-6-10(9)12/h2-8H,1H3. The van der Waals surface area contributed by atoms with E-state index < -0.39 is 0 Å². The van der Waals surface area contributed by atoms with Gasteiger partial charge in [0.1, 0.15) is 12.4 Å². The molecule has 2 aromatic carbocycles. The number of hydrogen-bond donors (Lipinski definition) is 0. The third kappa shape index (κ3) is 1.62. The lowest BCUT2D eigenvalue weighted by molar-refractivity contribution is 0.421. The Morgan fingerprint density at radius 3 is 2.50 bits per heavy atom. The van der Waals surface area contributed by atoms with E-state index in [0.29, 0.717) is 0 Å². The highest BCUT2D eigenvalue weighted by Gasteiger charge is 2.03. The normalized spacial score (nSPS) is 10.4. The summed E-state index contributed by atoms with van der Waals surface area (Å²) in [5.74, 6) is 0.895. The van der Waals surface area contributed by atoms with Crippen LogP contribution in [-0.4, -0.2) is 0 Å². The van der Waals surface area contributed by atoms with E-state index >= 15 is 0 Å². The van der Waals surface area contributed by atoms with Crippen molar-refractivity contribution < 1.29 is 4.74 Å². The van der Waals surface area contributed by atoms with E-state index in [9.17, 15) is 0 Å². The molecule has 0 bridgehead atoms. The first-order chi connectivity index (χ1) is 6.83. The average molecular weight is 250 g/mol. The van der Waals surface area contributed by atoms with Gasteiger partial charge in [0.2, 0.25) is 0 Å². The first-order valence-corrected chi connectivity index (χ1v) is 5.24. The Morgan fingerprint density at radius 2 is 1.79 bits per heavy atom. The van der Waals surface area contributed by atoms with Crippen molar-refractivity contribution in [3.05, 3.63) is 47.5 Å². The molecule has 14 heavy (non-hydrogen) atoms. The molecule has 71 valence electrons. The number of ether oxygens (including phenoxy) is 1. The fourth-order valence-corrected chi connectivity index (χ4v) is 1.94. The van der Waals surface area contributed by atoms with E-state index in [4.69, 9.17) is 4.74 Å². The topological polar surface area (TPSA) is 9.23 Å². The van der Waals surface area contributed by atoms with E-state index in [1.807, 2.05) is 31.2 Å². The highest BCUT2D eigenvalue weighted by atomic mass is 79.9. The van der Waals surface area contributed by atoms with Crippen LogP contribution in [0.15, 0.2) is 40.9 Å². The maximum atomic E-state index is 5.43. The molecule has 0 saturated heterocycles. The predicted molar refractivity (Wildman–Crippen MR) is 62.3 cm³/mol. The van der Waals surface area contributed by atoms with Crippen LogP contribution in [0.25, 0.3) is 10.8 Å². The van der Waals surface area contributed by atoms with Crippen molar-refractivity contribution in [1.29, 1.82) is 0 Å². The SMILES string of the molecule is C[CH]Oc1ccc(Br)c2ccccc12. The summed E-state index contributed by atoms with van der Waals surface area (Å²) in [6, 6.07) is 12.1. The van der Waals surface area contributed by atoms with Gasteiger partial charge in [-0.25, -0.2) is 0 Å². The van der Waals surface area contributed by atoms with Gasteiger partial charge < -0.3 is 4.74 Å². The van der Waals surface area contributed by atoms with Crippen molar-refractivity contribution in [1.82, 2.24) is 0 Å². The summed E-state index contributed by atoms with van der Waals surface area (Å²) < 4.78 is 6.52. The second-order valence-electron chi connectivity index (χ2n) is 2.94. The zero-order chi connectivity index (χ0) is 9.97. The summed E-state index contributed by atoms with van der Waals surface area (Å²) in [7, 11) is 0. The summed E-state index contributed by atoms with van der Waals surface area (Å²) in [6.45, 7) is 3.56. The first-order valence-electron chi connectivity index (χ1n) is 4.44. The predicted octanol–water partition coefficient (Wildman–Crippen LogP) is 4.16. The van der Waals surface area contributed by atoms with Crippen LogP contribution >= 0.6 is 15.9 Å². The Labute approximate surface area is 91.8 Å². The van der Waals surface area contributed by atoms with E-state index in [-0.39, 0.29) is 0 Å². The third-order valence-electron chi connectivity index (χ3n) is 2.08. The molecule has 0 unspecified atom stereocenters. The van der Waals surface area contributed by atoms with Crippen LogP contribution < -0.4 is 4.74 Å². The van der Waals surface area contributed by atoms with Crippen LogP contribution in [-0.2, 0) is 0 Å². The quantitative estimate of drug-likeness (QED) is 0.777. The van der Waals surface area contributed by atoms with Gasteiger partial charge in [0.25, 0.3) is 0 Å². The Bertz CT molecular complexity index is 451. The van der Waals surface area contributed by atoms with Gasteiger partial charge in [0.05, 0.1) is 0 Å². The fourth-order valence-electron chi connectivity index (χ4n) is 1.46. The summed E-state index contributed by atoms with van der Waals surface area (Å²) in [5, 5.41) is 2.30. The molecular formula is C12H10BrO. The fraction of sp³-hybridized carbons (Fsp3) is 0.0833. The molecule has 0 amide bonds. The highest BCUT2D eigenvalue weighted by molar-refractivity contribution is 9.10. The van der Waals surface area contributed by atoms with E-state index in [1.54, 1.807) is 6.61 Å². The van der Waals surface area contributed by atoms with E-state index in [2.05, 4.69) is 28.1 Å². The molecule has 0 fully saturated rings. The smallest absolute Gasteiger partial charge is 0.132 e. The van der Waals surface area contributed by atoms with Gasteiger partial charge in [-0.1, -0.05) is 40.2 Å². The maximum absolute atomic E-state index is 5.43. The van der Waals surface area contributed by atoms with Gasteiger partial charge in [-0.2, -0.15) is 0 Å². The second-order valence-corrected chi connectivity index (χ2v) is 3.80. The third-order valence-corrected chi connectivity index (χ3v) is 2.77. The van der Waals surface area contributed by atoms with Crippen LogP contribution in [0.3, 0.4) is 0 Å². The van der Waals surface area contributed by atoms with Crippen molar-refractivity contribution in [3.63, 3.8) is 0 Å². The lowest BCUT2D eigenvalue weighted by Crippen LogP contribution is -1.87. The van der Waals surface area contributed by atoms with Crippen LogP contribution in [0.5, 0.6) is 5.75 Å². The molecule has 1 nitrogen and oxygen atoms in total. The van der Waals surface area contributed by atoms with E-state index in [0.717, 1.165) is 15.6 Å². The monoisotopic (exact) mass is 249 g/mol. The molecule has 0 aliphatic heterocycles. The van der Waals surface area contributed by atoms with Gasteiger partial charge in [-0.05, 0) is 24.4 Å². The van der Waals surface area contributed by atoms with Crippen molar-refractivity contribution in [2.24, 2.45) is 0 Å². The molecule has 2 heteroatoms. The van der Waals surface area contributed by atoms with Crippen molar-refractivity contribution in [3.8, 4) is 5.75 Å². The molecule has 0 aromatic heterocycles. The molecule has 2 aromatic rings. The summed E-state index contributed by atoms with van der Waals surface area (Å²) in [5.41, 5.74) is 0. The zero-order valence-corrected chi connectivity index (χ0v) is 9.41. The molecular weight excluding hydrogens is 240 g/mol. The molecule has 0 aliphatic rings. The lowest BCUT2D eigenvalue weighted by Gasteiger charge is -2.07. The summed E-state index contributed by atoms with van der Waals surface area (Å²) in [6.07, 6.45) is 0. The van der Waals surface area contributed by atoms with Crippen LogP contribution in [0.2, 0.25) is 0 Å². The maximum Gasteiger partial charge on any atom is 0.132 e. The highest BCUT2D eigenvalue weighted by Crippen LogP contribution is 2.31. The molecule has 0 spiro atoms. The molecule has 1 radical (unpaired) electrons. The van der Waals surface area contributed by atoms with Gasteiger partial charge in [0, 0.05) is 9.86 Å². The zero-order valence-electron chi connectivity index (χ0n) is 7.83. The van der Waals surface area contributed by atoms with Crippen molar-refractivity contribution in [2.45, 2.75) is 6.92 Å². The average Bonchev–Trinajstić information content (AvgIpc) is 2.23. The van der Waals surface area contributed by atoms with Crippen molar-refractivity contribution >= 4 is 26.7 Å². The molecule has 0 N–H and O–H groups in total. The number of rotatable bonds is 2. The molecule has 0 heterocycles. The second kappa shape index (κ2) is 4.01. The number of fused-ring (bicyclic) bond motifs is 1. The van der Waals surface area contributed by atoms with Gasteiger partial charge in [0.15, 0.2) is 0 Å². The van der Waals surface area contributed by atoms with Crippen LogP contribution in [0, 0.1) is 6.61 Å². The largest absolute Gasteiger partial charge is 0.486 e. The summed E-state index contributed by atoms with van der Waals surface area (Å²) in [4.78, 5) is 0. The van der Waals surface area contributed by atoms with Gasteiger partial charge >= 0.3 is 0 Å². The van der Waals surface area contributed by atoms with Gasteiger partial charge in [-0.15, -0.1) is 0 Å². The Balaban J connectivity index is 2.68. The number of hydrogen-bond acceptors (Lipinski definition) is 1. The molecule has 0 atom stereocenters. The number of benzene rings is 2. The minimum atomic E-state index is 0.895. The Morgan fingerprint density at radius 1 is 1.07 bits per heavy atom. The minimum absolute atomic E-state index is 0.895. The van der Waals surface area contributed by atoms with Gasteiger partial charge in [-0.3, -0.25) is 0 Å².